The first-order chi connectivity index (χ1) is 5.41. The molecule has 0 bridgehead atoms. The van der Waals surface area contributed by atoms with E-state index in [0.717, 1.165) is 5.56 Å². The van der Waals surface area contributed by atoms with Crippen LogP contribution in [-0.4, -0.2) is 5.11 Å². The van der Waals surface area contributed by atoms with Gasteiger partial charge in [0.25, 0.3) is 0 Å². The normalized spacial score (nSPS) is 11.7. The van der Waals surface area contributed by atoms with E-state index < -0.39 is 5.54 Å². The summed E-state index contributed by atoms with van der Waals surface area (Å²) in [6.07, 6.45) is 0. The Kier molecular flexibility index (Phi) is 2.31. The minimum Gasteiger partial charge on any atom is -0.508 e. The molecule has 1 aromatic carbocycles. The van der Waals surface area contributed by atoms with E-state index in [1.165, 1.54) is 6.07 Å². The molecule has 0 saturated heterocycles. The summed E-state index contributed by atoms with van der Waals surface area (Å²) in [6.45, 7) is 3.73. The Morgan fingerprint density at radius 2 is 2.00 bits per heavy atom. The molecule has 0 aliphatic heterocycles. The van der Waals surface area contributed by atoms with E-state index in [1.54, 1.807) is 12.1 Å². The van der Waals surface area contributed by atoms with E-state index in [9.17, 15) is 0 Å². The summed E-state index contributed by atoms with van der Waals surface area (Å²) in [5.41, 5.74) is 6.21. The van der Waals surface area contributed by atoms with Gasteiger partial charge in [0.15, 0.2) is 0 Å². The molecule has 1 aromatic rings. The second kappa shape index (κ2) is 2.96. The summed E-state index contributed by atoms with van der Waals surface area (Å²) in [6, 6.07) is 4.80. The van der Waals surface area contributed by atoms with Gasteiger partial charge in [-0.25, -0.2) is 0 Å². The number of phenolic OH excluding ortho intramolecular Hbond substituents is 1. The molecule has 0 heterocycles. The highest BCUT2D eigenvalue weighted by atomic mass is 35.5. The fraction of sp³-hybridized carbons (Fsp3) is 0.333. The molecule has 3 N–H and O–H groups in total. The number of aromatic hydroxyl groups is 1. The Balaban J connectivity index is 3.19. The zero-order valence-electron chi connectivity index (χ0n) is 7.13. The third kappa shape index (κ3) is 1.90. The molecule has 0 amide bonds. The van der Waals surface area contributed by atoms with Gasteiger partial charge in [-0.3, -0.25) is 0 Å². The van der Waals surface area contributed by atoms with Gasteiger partial charge < -0.3 is 10.8 Å². The number of hydrogen-bond donors (Lipinski definition) is 2. The molecule has 0 fully saturated rings. The van der Waals surface area contributed by atoms with Gasteiger partial charge in [0.05, 0.1) is 0 Å². The fourth-order valence-electron chi connectivity index (χ4n) is 1.03. The van der Waals surface area contributed by atoms with Gasteiger partial charge in [0.2, 0.25) is 0 Å². The van der Waals surface area contributed by atoms with Crippen molar-refractivity contribution in [3.63, 3.8) is 0 Å². The van der Waals surface area contributed by atoms with Crippen LogP contribution in [0.3, 0.4) is 0 Å². The second-order valence-electron chi connectivity index (χ2n) is 3.39. The van der Waals surface area contributed by atoms with Gasteiger partial charge in [-0.1, -0.05) is 17.7 Å². The molecule has 0 saturated carbocycles. The third-order valence-electron chi connectivity index (χ3n) is 1.65. The van der Waals surface area contributed by atoms with Crippen molar-refractivity contribution in [1.29, 1.82) is 0 Å². The number of halogens is 1. The Labute approximate surface area is 77.0 Å². The Morgan fingerprint density at radius 1 is 1.42 bits per heavy atom. The van der Waals surface area contributed by atoms with Crippen molar-refractivity contribution in [1.82, 2.24) is 0 Å². The molecule has 3 heteroatoms. The van der Waals surface area contributed by atoms with E-state index in [4.69, 9.17) is 22.4 Å². The predicted octanol–water partition coefficient (Wildman–Crippen LogP) is 2.24. The highest BCUT2D eigenvalue weighted by Gasteiger charge is 2.17. The second-order valence-corrected chi connectivity index (χ2v) is 3.79. The maximum Gasteiger partial charge on any atom is 0.117 e. The maximum atomic E-state index is 9.08. The number of benzene rings is 1. The standard InChI is InChI=1S/C9H12ClNO/c1-9(2,11)7-4-3-6(12)5-8(7)10/h3-5,12H,11H2,1-2H3. The molecule has 1 rings (SSSR count). The zero-order valence-corrected chi connectivity index (χ0v) is 7.89. The van der Waals surface area contributed by atoms with Crippen molar-refractivity contribution in [2.75, 3.05) is 0 Å². The largest absolute Gasteiger partial charge is 0.508 e. The lowest BCUT2D eigenvalue weighted by atomic mass is 9.96. The van der Waals surface area contributed by atoms with E-state index in [1.807, 2.05) is 13.8 Å². The van der Waals surface area contributed by atoms with Crippen LogP contribution in [0.15, 0.2) is 18.2 Å². The summed E-state index contributed by atoms with van der Waals surface area (Å²) in [5, 5.41) is 9.58. The molecular formula is C9H12ClNO. The zero-order chi connectivity index (χ0) is 9.35. The fourth-order valence-corrected chi connectivity index (χ4v) is 1.44. The van der Waals surface area contributed by atoms with Crippen molar-refractivity contribution in [2.24, 2.45) is 5.73 Å². The lowest BCUT2D eigenvalue weighted by Crippen LogP contribution is -2.28. The van der Waals surface area contributed by atoms with Crippen LogP contribution in [0.1, 0.15) is 19.4 Å². The van der Waals surface area contributed by atoms with E-state index in [2.05, 4.69) is 0 Å². The van der Waals surface area contributed by atoms with Crippen LogP contribution < -0.4 is 5.73 Å². The van der Waals surface area contributed by atoms with Gasteiger partial charge in [-0.05, 0) is 31.5 Å². The maximum absolute atomic E-state index is 9.08. The predicted molar refractivity (Wildman–Crippen MR) is 50.3 cm³/mol. The van der Waals surface area contributed by atoms with Crippen molar-refractivity contribution >= 4 is 11.6 Å². The van der Waals surface area contributed by atoms with Gasteiger partial charge in [0.1, 0.15) is 5.75 Å². The minimum atomic E-state index is -0.467. The molecule has 0 radical (unpaired) electrons. The van der Waals surface area contributed by atoms with E-state index in [-0.39, 0.29) is 5.75 Å². The lowest BCUT2D eigenvalue weighted by molar-refractivity contribution is 0.473. The minimum absolute atomic E-state index is 0.160. The first kappa shape index (κ1) is 9.36. The molecule has 0 aliphatic carbocycles. The number of hydrogen-bond acceptors (Lipinski definition) is 2. The van der Waals surface area contributed by atoms with Gasteiger partial charge in [-0.2, -0.15) is 0 Å². The van der Waals surface area contributed by atoms with E-state index >= 15 is 0 Å². The van der Waals surface area contributed by atoms with Crippen LogP contribution in [0.5, 0.6) is 5.75 Å². The molecule has 2 nitrogen and oxygen atoms in total. The SMILES string of the molecule is CC(C)(N)c1ccc(O)cc1Cl. The lowest BCUT2D eigenvalue weighted by Gasteiger charge is -2.20. The average Bonchev–Trinajstić information content (AvgIpc) is 1.83. The topological polar surface area (TPSA) is 46.2 Å². The van der Waals surface area contributed by atoms with Crippen LogP contribution in [0, 0.1) is 0 Å². The molecule has 0 aliphatic rings. The Bertz CT molecular complexity index is 291. The third-order valence-corrected chi connectivity index (χ3v) is 1.96. The summed E-state index contributed by atoms with van der Waals surface area (Å²) >= 11 is 5.87. The summed E-state index contributed by atoms with van der Waals surface area (Å²) < 4.78 is 0. The summed E-state index contributed by atoms with van der Waals surface area (Å²) in [4.78, 5) is 0. The summed E-state index contributed by atoms with van der Waals surface area (Å²) in [7, 11) is 0. The van der Waals surface area contributed by atoms with Crippen LogP contribution in [0.2, 0.25) is 5.02 Å². The van der Waals surface area contributed by atoms with Crippen molar-refractivity contribution in [2.45, 2.75) is 19.4 Å². The highest BCUT2D eigenvalue weighted by molar-refractivity contribution is 6.31. The van der Waals surface area contributed by atoms with E-state index in [0.29, 0.717) is 5.02 Å². The van der Waals surface area contributed by atoms with Crippen molar-refractivity contribution < 1.29 is 5.11 Å². The molecule has 0 atom stereocenters. The number of phenols is 1. The average molecular weight is 186 g/mol. The summed E-state index contributed by atoms with van der Waals surface area (Å²) in [5.74, 6) is 0.160. The van der Waals surface area contributed by atoms with Crippen molar-refractivity contribution in [3.05, 3.63) is 28.8 Å². The monoisotopic (exact) mass is 185 g/mol. The number of nitrogens with two attached hydrogens (primary N) is 1. The van der Waals surface area contributed by atoms with Crippen molar-refractivity contribution in [3.8, 4) is 5.75 Å². The van der Waals surface area contributed by atoms with Gasteiger partial charge >= 0.3 is 0 Å². The van der Waals surface area contributed by atoms with Gasteiger partial charge in [0, 0.05) is 10.6 Å². The smallest absolute Gasteiger partial charge is 0.117 e. The Hall–Kier alpha value is -0.730. The molecular weight excluding hydrogens is 174 g/mol. The molecule has 12 heavy (non-hydrogen) atoms. The van der Waals surface area contributed by atoms with Crippen LogP contribution in [0.25, 0.3) is 0 Å². The molecule has 0 unspecified atom stereocenters. The van der Waals surface area contributed by atoms with Gasteiger partial charge in [-0.15, -0.1) is 0 Å². The first-order valence-corrected chi connectivity index (χ1v) is 4.07. The molecule has 0 aromatic heterocycles. The molecule has 0 spiro atoms. The highest BCUT2D eigenvalue weighted by Crippen LogP contribution is 2.28. The van der Waals surface area contributed by atoms with Crippen LogP contribution >= 0.6 is 11.6 Å². The van der Waals surface area contributed by atoms with Crippen LogP contribution in [0.4, 0.5) is 0 Å². The first-order valence-electron chi connectivity index (χ1n) is 3.69. The molecule has 66 valence electrons. The number of rotatable bonds is 1. The van der Waals surface area contributed by atoms with Crippen LogP contribution in [-0.2, 0) is 5.54 Å². The Morgan fingerprint density at radius 3 is 2.42 bits per heavy atom. The quantitative estimate of drug-likeness (QED) is 0.705.